The van der Waals surface area contributed by atoms with Gasteiger partial charge in [-0.25, -0.2) is 4.79 Å². The molecule has 0 aliphatic heterocycles. The second-order valence-corrected chi connectivity index (χ2v) is 15.2. The van der Waals surface area contributed by atoms with E-state index in [1.807, 2.05) is 0 Å². The molecule has 8 amide bonds. The van der Waals surface area contributed by atoms with Crippen LogP contribution in [0.15, 0.2) is 53.5 Å². The van der Waals surface area contributed by atoms with Gasteiger partial charge < -0.3 is 75.9 Å². The number of nitrogens with two attached hydrogens (primary N) is 5. The number of amides is 8. The number of hydrogen-bond donors (Lipinski definition) is 15. The number of guanidine groups is 1. The largest absolute Gasteiger partial charge is 0.508 e. The highest BCUT2D eigenvalue weighted by Crippen LogP contribution is 2.14. The summed E-state index contributed by atoms with van der Waals surface area (Å²) >= 11 is 4.20. The zero-order chi connectivity index (χ0) is 48.8. The lowest BCUT2D eigenvalue weighted by Crippen LogP contribution is -2.60. The summed E-state index contributed by atoms with van der Waals surface area (Å²) in [5.74, 6) is -9.51. The Morgan fingerprint density at radius 2 is 0.908 bits per heavy atom. The summed E-state index contributed by atoms with van der Waals surface area (Å²) in [4.78, 5) is 121. The number of carbonyl (C=O) groups excluding carboxylic acids is 8. The maximum atomic E-state index is 14.0. The first-order chi connectivity index (χ1) is 30.6. The van der Waals surface area contributed by atoms with E-state index in [0.29, 0.717) is 11.1 Å². The number of aromatic hydroxyl groups is 2. The summed E-state index contributed by atoms with van der Waals surface area (Å²) in [5, 5.41) is 43.9. The molecule has 65 heavy (non-hydrogen) atoms. The van der Waals surface area contributed by atoms with Gasteiger partial charge in [-0.2, -0.15) is 12.6 Å². The number of rotatable bonds is 28. The first-order valence-electron chi connectivity index (χ1n) is 20.2. The molecule has 0 unspecified atom stereocenters. The maximum Gasteiger partial charge on any atom is 0.326 e. The third-order valence-corrected chi connectivity index (χ3v) is 9.80. The van der Waals surface area contributed by atoms with E-state index in [1.165, 1.54) is 55.5 Å². The van der Waals surface area contributed by atoms with Crippen LogP contribution in [0.2, 0.25) is 0 Å². The SMILES string of the molecule is C[C@H](N)C(=O)N[C@@H](Cc1ccc(O)cc1)C(=O)N[C@@H](Cc1ccc(O)cc1)C(=O)N[C@@H](CS)C(=O)N[C@@H](CCC(N)=O)C(=O)N[C@@H](CCC(N)=O)C(=O)N[C@@H](CCCN=C(N)N)C(=O)O. The van der Waals surface area contributed by atoms with Crippen LogP contribution in [0, 0.1) is 0 Å². The molecular formula is C40H58N12O12S. The molecule has 0 aromatic heterocycles. The van der Waals surface area contributed by atoms with Gasteiger partial charge in [0.15, 0.2) is 5.96 Å². The predicted molar refractivity (Wildman–Crippen MR) is 237 cm³/mol. The number of carboxylic acid groups (broad SMARTS) is 1. The summed E-state index contributed by atoms with van der Waals surface area (Å²) in [6.45, 7) is 1.44. The first-order valence-corrected chi connectivity index (χ1v) is 20.8. The molecular weight excluding hydrogens is 873 g/mol. The van der Waals surface area contributed by atoms with Crippen molar-refractivity contribution in [1.82, 2.24) is 31.9 Å². The van der Waals surface area contributed by atoms with Crippen molar-refractivity contribution in [1.29, 1.82) is 0 Å². The number of nitrogens with zero attached hydrogens (tertiary/aromatic N) is 1. The molecule has 0 saturated carbocycles. The number of phenolic OH excluding ortho intramolecular Hbond substituents is 2. The van der Waals surface area contributed by atoms with Gasteiger partial charge in [0.25, 0.3) is 0 Å². The van der Waals surface area contributed by atoms with Gasteiger partial charge in [0.2, 0.25) is 47.3 Å². The second-order valence-electron chi connectivity index (χ2n) is 14.9. The molecule has 356 valence electrons. The Morgan fingerprint density at radius 3 is 1.28 bits per heavy atom. The van der Waals surface area contributed by atoms with Crippen LogP contribution in [-0.4, -0.2) is 129 Å². The van der Waals surface area contributed by atoms with Crippen LogP contribution in [0.4, 0.5) is 0 Å². The number of primary amides is 2. The number of thiol groups is 1. The fourth-order valence-corrected chi connectivity index (χ4v) is 6.14. The van der Waals surface area contributed by atoms with Crippen molar-refractivity contribution < 1.29 is 58.5 Å². The molecule has 0 fully saturated rings. The summed E-state index contributed by atoms with van der Waals surface area (Å²) in [6.07, 6.45) is -2.03. The molecule has 19 N–H and O–H groups in total. The predicted octanol–water partition coefficient (Wildman–Crippen LogP) is -4.26. The van der Waals surface area contributed by atoms with Crippen molar-refractivity contribution in [3.63, 3.8) is 0 Å². The van der Waals surface area contributed by atoms with E-state index >= 15 is 0 Å². The van der Waals surface area contributed by atoms with E-state index in [9.17, 15) is 58.5 Å². The fraction of sp³-hybridized carbons (Fsp3) is 0.450. The zero-order valence-electron chi connectivity index (χ0n) is 35.5. The normalized spacial score (nSPS) is 14.0. The van der Waals surface area contributed by atoms with Gasteiger partial charge in [0.05, 0.1) is 6.04 Å². The number of carbonyl (C=O) groups is 9. The molecule has 0 bridgehead atoms. The van der Waals surface area contributed by atoms with Crippen molar-refractivity contribution in [2.45, 2.75) is 101 Å². The van der Waals surface area contributed by atoms with Crippen molar-refractivity contribution in [3.05, 3.63) is 59.7 Å². The number of phenols is 2. The molecule has 2 rings (SSSR count). The summed E-state index contributed by atoms with van der Waals surface area (Å²) < 4.78 is 0. The highest BCUT2D eigenvalue weighted by atomic mass is 32.1. The minimum atomic E-state index is -1.62. The Balaban J connectivity index is 2.38. The average molecular weight is 931 g/mol. The van der Waals surface area contributed by atoms with Gasteiger partial charge in [-0.05, 0) is 68.0 Å². The van der Waals surface area contributed by atoms with Crippen LogP contribution >= 0.6 is 12.6 Å². The van der Waals surface area contributed by atoms with Gasteiger partial charge >= 0.3 is 5.97 Å². The molecule has 0 aliphatic carbocycles. The topological polar surface area (TPSA) is 429 Å². The number of hydrogen-bond acceptors (Lipinski definition) is 14. The van der Waals surface area contributed by atoms with E-state index in [-0.39, 0.29) is 55.4 Å². The lowest BCUT2D eigenvalue weighted by molar-refractivity contribution is -0.142. The van der Waals surface area contributed by atoms with Crippen molar-refractivity contribution in [2.24, 2.45) is 33.7 Å². The highest BCUT2D eigenvalue weighted by molar-refractivity contribution is 7.80. The van der Waals surface area contributed by atoms with E-state index in [1.54, 1.807) is 0 Å². The van der Waals surface area contributed by atoms with Gasteiger partial charge in [0, 0.05) is 38.0 Å². The molecule has 25 heteroatoms. The van der Waals surface area contributed by atoms with E-state index < -0.39 is 121 Å². The number of aliphatic imine (C=N–C) groups is 1. The number of benzene rings is 2. The van der Waals surface area contributed by atoms with Crippen molar-refractivity contribution in [3.8, 4) is 11.5 Å². The fourth-order valence-electron chi connectivity index (χ4n) is 5.88. The Kier molecular flexibility index (Phi) is 22.5. The molecule has 2 aromatic carbocycles. The van der Waals surface area contributed by atoms with Crippen LogP contribution < -0.4 is 60.6 Å². The van der Waals surface area contributed by atoms with Crippen LogP contribution in [-0.2, 0) is 56.0 Å². The Labute approximate surface area is 379 Å². The van der Waals surface area contributed by atoms with Gasteiger partial charge in [0.1, 0.15) is 47.8 Å². The molecule has 0 radical (unpaired) electrons. The first kappa shape index (κ1) is 54.0. The molecule has 0 aliphatic rings. The third-order valence-electron chi connectivity index (χ3n) is 9.43. The lowest BCUT2D eigenvalue weighted by atomic mass is 10.0. The lowest BCUT2D eigenvalue weighted by Gasteiger charge is -2.27. The second kappa shape index (κ2) is 27.1. The molecule has 0 heterocycles. The minimum Gasteiger partial charge on any atom is -0.508 e. The van der Waals surface area contributed by atoms with Crippen molar-refractivity contribution in [2.75, 3.05) is 12.3 Å². The highest BCUT2D eigenvalue weighted by Gasteiger charge is 2.34. The minimum absolute atomic E-state index is 0.0450. The molecule has 0 spiro atoms. The quantitative estimate of drug-likeness (QED) is 0.0166. The molecule has 0 saturated heterocycles. The van der Waals surface area contributed by atoms with Gasteiger partial charge in [-0.1, -0.05) is 24.3 Å². The smallest absolute Gasteiger partial charge is 0.326 e. The third kappa shape index (κ3) is 20.3. The number of carboxylic acids is 1. The van der Waals surface area contributed by atoms with Crippen molar-refractivity contribution >= 4 is 71.8 Å². The van der Waals surface area contributed by atoms with E-state index in [4.69, 9.17) is 28.7 Å². The van der Waals surface area contributed by atoms with Gasteiger partial charge in [-0.3, -0.25) is 43.3 Å². The average Bonchev–Trinajstić information content (AvgIpc) is 3.24. The Bertz CT molecular complexity index is 2020. The van der Waals surface area contributed by atoms with E-state index in [2.05, 4.69) is 49.5 Å². The van der Waals surface area contributed by atoms with Crippen LogP contribution in [0.3, 0.4) is 0 Å². The number of aliphatic carboxylic acids is 1. The zero-order valence-corrected chi connectivity index (χ0v) is 36.4. The Hall–Kier alpha value is -7.15. The Morgan fingerprint density at radius 1 is 0.554 bits per heavy atom. The van der Waals surface area contributed by atoms with Crippen LogP contribution in [0.25, 0.3) is 0 Å². The van der Waals surface area contributed by atoms with E-state index in [0.717, 1.165) is 0 Å². The van der Waals surface area contributed by atoms with Gasteiger partial charge in [-0.15, -0.1) is 0 Å². The number of nitrogens with one attached hydrogen (secondary N) is 6. The molecule has 2 aromatic rings. The molecule has 24 nitrogen and oxygen atoms in total. The van der Waals surface area contributed by atoms with Crippen LogP contribution in [0.5, 0.6) is 11.5 Å². The summed E-state index contributed by atoms with van der Waals surface area (Å²) in [7, 11) is 0. The maximum absolute atomic E-state index is 14.0. The molecule has 7 atom stereocenters. The standard InChI is InChI=1S/C40H58N12O12S/c1-20(41)33(57)50-28(17-21-4-8-23(53)9-5-21)36(60)51-29(18-22-6-10-24(54)11-7-22)37(61)52-30(19-65)38(62)48-25(12-14-31(42)55)34(58)47-26(13-15-32(43)56)35(59)49-27(39(63)64)3-2-16-46-40(44)45/h4-11,20,25-30,53-54,65H,2-3,12-19,41H2,1H3,(H2,42,55)(H2,43,56)(H,47,58)(H,48,62)(H,49,59)(H,50,57)(H,51,60)(H,52,61)(H,63,64)(H4,44,45,46)/t20-,25-,26-,27-,28-,29-,30-/m0/s1. The summed E-state index contributed by atoms with van der Waals surface area (Å²) in [6, 6.07) is 1.48. The summed E-state index contributed by atoms with van der Waals surface area (Å²) in [5.41, 5.74) is 27.9. The monoisotopic (exact) mass is 930 g/mol. The van der Waals surface area contributed by atoms with Crippen LogP contribution in [0.1, 0.15) is 56.6 Å².